The number of carbonyl (C=O) groups is 4. The van der Waals surface area contributed by atoms with Crippen molar-refractivity contribution in [2.24, 2.45) is 17.8 Å². The molecule has 552 valence electrons. The fraction of sp³-hybridized carbons (Fsp3) is 0.946. The molecule has 0 rings (SSSR count). The van der Waals surface area contributed by atoms with E-state index in [1.54, 1.807) is 0 Å². The highest BCUT2D eigenvalue weighted by molar-refractivity contribution is 7.47. The molecular weight excluding hydrogens is 1220 g/mol. The SMILES string of the molecule is CCCCCCCC(=O)OC[C@H](COP(=O)(O)OC[C@H](O)COP(=O)(O)OC[C@@H](COC(=O)CCCCCCCCCCCCCCCCC(C)CC)OC(=O)CCCCCCCCCCCCCCCCC(C)CC)OC(=O)CCCCCCCCCCCC(C)C. The summed E-state index contributed by atoms with van der Waals surface area (Å²) in [5, 5.41) is 10.6. The van der Waals surface area contributed by atoms with Gasteiger partial charge in [-0.2, -0.15) is 0 Å². The van der Waals surface area contributed by atoms with Gasteiger partial charge in [-0.05, 0) is 43.4 Å². The van der Waals surface area contributed by atoms with Crippen molar-refractivity contribution in [3.05, 3.63) is 0 Å². The van der Waals surface area contributed by atoms with Crippen LogP contribution in [0, 0.1) is 17.8 Å². The molecule has 0 spiro atoms. The second kappa shape index (κ2) is 64.7. The van der Waals surface area contributed by atoms with Crippen molar-refractivity contribution in [3.63, 3.8) is 0 Å². The van der Waals surface area contributed by atoms with Crippen LogP contribution in [0.15, 0.2) is 0 Å². The maximum absolute atomic E-state index is 13.1. The topological polar surface area (TPSA) is 237 Å². The molecule has 3 N–H and O–H groups in total. The van der Waals surface area contributed by atoms with E-state index in [-0.39, 0.29) is 25.7 Å². The minimum atomic E-state index is -4.95. The van der Waals surface area contributed by atoms with Crippen LogP contribution in [0.3, 0.4) is 0 Å². The summed E-state index contributed by atoms with van der Waals surface area (Å²) in [7, 11) is -9.90. The molecule has 0 radical (unpaired) electrons. The monoisotopic (exact) mass is 1370 g/mol. The van der Waals surface area contributed by atoms with Crippen molar-refractivity contribution >= 4 is 39.5 Å². The van der Waals surface area contributed by atoms with Crippen molar-refractivity contribution < 1.29 is 80.2 Å². The van der Waals surface area contributed by atoms with Gasteiger partial charge in [0.15, 0.2) is 12.2 Å². The Kier molecular flexibility index (Phi) is 63.4. The van der Waals surface area contributed by atoms with Gasteiger partial charge in [-0.15, -0.1) is 0 Å². The summed E-state index contributed by atoms with van der Waals surface area (Å²) in [5.41, 5.74) is 0. The Morgan fingerprint density at radius 2 is 0.548 bits per heavy atom. The van der Waals surface area contributed by atoms with E-state index in [1.165, 1.54) is 180 Å². The number of ether oxygens (including phenoxy) is 4. The normalized spacial score (nSPS) is 14.7. The number of aliphatic hydroxyl groups is 1. The van der Waals surface area contributed by atoms with E-state index in [0.717, 1.165) is 114 Å². The van der Waals surface area contributed by atoms with Crippen LogP contribution in [0.2, 0.25) is 0 Å². The van der Waals surface area contributed by atoms with Crippen LogP contribution >= 0.6 is 15.6 Å². The van der Waals surface area contributed by atoms with E-state index in [2.05, 4.69) is 48.5 Å². The number of aliphatic hydroxyl groups excluding tert-OH is 1. The summed E-state index contributed by atoms with van der Waals surface area (Å²) in [6.07, 6.45) is 50.3. The zero-order valence-electron chi connectivity index (χ0n) is 60.7. The lowest BCUT2D eigenvalue weighted by atomic mass is 9.99. The molecule has 0 bridgehead atoms. The molecule has 0 amide bonds. The third kappa shape index (κ3) is 65.8. The van der Waals surface area contributed by atoms with Crippen LogP contribution in [0.4, 0.5) is 0 Å². The molecular formula is C74H144O17P2. The number of phosphoric ester groups is 2. The van der Waals surface area contributed by atoms with Gasteiger partial charge in [0.1, 0.15) is 19.3 Å². The molecule has 0 aromatic rings. The molecule has 4 unspecified atom stereocenters. The van der Waals surface area contributed by atoms with Crippen LogP contribution in [-0.4, -0.2) is 96.7 Å². The lowest BCUT2D eigenvalue weighted by molar-refractivity contribution is -0.161. The van der Waals surface area contributed by atoms with Gasteiger partial charge in [0.25, 0.3) is 0 Å². The van der Waals surface area contributed by atoms with Crippen molar-refractivity contribution in [2.75, 3.05) is 39.6 Å². The summed E-state index contributed by atoms with van der Waals surface area (Å²) < 4.78 is 68.2. The molecule has 19 heteroatoms. The Morgan fingerprint density at radius 3 is 0.817 bits per heavy atom. The van der Waals surface area contributed by atoms with Gasteiger partial charge >= 0.3 is 39.5 Å². The fourth-order valence-corrected chi connectivity index (χ4v) is 12.8. The average Bonchev–Trinajstić information content (AvgIpc) is 1.90. The number of unbranched alkanes of at least 4 members (excludes halogenated alkanes) is 38. The number of carbonyl (C=O) groups excluding carboxylic acids is 4. The number of hydrogen-bond acceptors (Lipinski definition) is 15. The van der Waals surface area contributed by atoms with Crippen LogP contribution in [0.1, 0.15) is 376 Å². The summed E-state index contributed by atoms with van der Waals surface area (Å²) in [6, 6.07) is 0. The number of rotatable bonds is 72. The Hall–Kier alpha value is -1.94. The number of esters is 4. The first-order chi connectivity index (χ1) is 44.8. The average molecular weight is 1370 g/mol. The summed E-state index contributed by atoms with van der Waals surface area (Å²) in [6.45, 7) is 11.9. The molecule has 17 nitrogen and oxygen atoms in total. The maximum Gasteiger partial charge on any atom is 0.472 e. The van der Waals surface area contributed by atoms with E-state index in [4.69, 9.17) is 37.0 Å². The second-order valence-corrected chi connectivity index (χ2v) is 30.6. The molecule has 0 saturated carbocycles. The molecule has 0 aliphatic carbocycles. The third-order valence-electron chi connectivity index (χ3n) is 17.9. The molecule has 0 aromatic carbocycles. The van der Waals surface area contributed by atoms with Gasteiger partial charge in [-0.1, -0.05) is 325 Å². The third-order valence-corrected chi connectivity index (χ3v) is 19.8. The number of phosphoric acid groups is 2. The highest BCUT2D eigenvalue weighted by Crippen LogP contribution is 2.45. The largest absolute Gasteiger partial charge is 0.472 e. The maximum atomic E-state index is 13.1. The molecule has 0 aliphatic rings. The lowest BCUT2D eigenvalue weighted by Gasteiger charge is -2.21. The highest BCUT2D eigenvalue weighted by atomic mass is 31.2. The molecule has 0 aliphatic heterocycles. The van der Waals surface area contributed by atoms with Crippen molar-refractivity contribution in [2.45, 2.75) is 394 Å². The van der Waals surface area contributed by atoms with E-state index in [0.29, 0.717) is 25.7 Å². The predicted molar refractivity (Wildman–Crippen MR) is 377 cm³/mol. The fourth-order valence-electron chi connectivity index (χ4n) is 11.2. The molecule has 0 saturated heterocycles. The summed E-state index contributed by atoms with van der Waals surface area (Å²) in [5.74, 6) is 0.301. The molecule has 0 fully saturated rings. The van der Waals surface area contributed by atoms with E-state index in [9.17, 15) is 43.2 Å². The minimum absolute atomic E-state index is 0.104. The van der Waals surface area contributed by atoms with Gasteiger partial charge in [-0.3, -0.25) is 37.3 Å². The Morgan fingerprint density at radius 1 is 0.312 bits per heavy atom. The Balaban J connectivity index is 5.15. The first-order valence-corrected chi connectivity index (χ1v) is 41.4. The van der Waals surface area contributed by atoms with Gasteiger partial charge in [0.2, 0.25) is 0 Å². The van der Waals surface area contributed by atoms with Crippen LogP contribution < -0.4 is 0 Å². The molecule has 0 heterocycles. The Labute approximate surface area is 568 Å². The second-order valence-electron chi connectivity index (χ2n) is 27.6. The summed E-state index contributed by atoms with van der Waals surface area (Å²) >= 11 is 0. The highest BCUT2D eigenvalue weighted by Gasteiger charge is 2.30. The van der Waals surface area contributed by atoms with Crippen LogP contribution in [-0.2, 0) is 65.4 Å². The zero-order valence-corrected chi connectivity index (χ0v) is 62.5. The number of hydrogen-bond donors (Lipinski definition) is 3. The van der Waals surface area contributed by atoms with Crippen molar-refractivity contribution in [1.82, 2.24) is 0 Å². The molecule has 7 atom stereocenters. The molecule has 93 heavy (non-hydrogen) atoms. The summed E-state index contributed by atoms with van der Waals surface area (Å²) in [4.78, 5) is 72.4. The first kappa shape index (κ1) is 91.1. The lowest BCUT2D eigenvalue weighted by Crippen LogP contribution is -2.30. The minimum Gasteiger partial charge on any atom is -0.462 e. The van der Waals surface area contributed by atoms with Crippen molar-refractivity contribution in [3.8, 4) is 0 Å². The zero-order chi connectivity index (χ0) is 68.7. The van der Waals surface area contributed by atoms with Crippen LogP contribution in [0.5, 0.6) is 0 Å². The van der Waals surface area contributed by atoms with Gasteiger partial charge in [0.05, 0.1) is 26.4 Å². The Bertz CT molecular complexity index is 1820. The molecule has 0 aromatic heterocycles. The van der Waals surface area contributed by atoms with Crippen LogP contribution in [0.25, 0.3) is 0 Å². The predicted octanol–water partition coefficient (Wildman–Crippen LogP) is 21.4. The standard InChI is InChI=1S/C74H144O17P2/c1-8-11-12-38-48-55-71(76)84-61-69(90-74(79)58-51-44-37-31-25-26-32-39-45-52-65(4)5)63-88-92(80,81)86-59-68(75)60-87-93(82,83)89-64-70(91-73(78)57-50-43-36-30-24-20-16-14-18-22-28-34-41-47-54-67(7)10-3)62-85-72(77)56-49-42-35-29-23-19-15-13-17-21-27-33-40-46-53-66(6)9-2/h65-70,75H,8-64H2,1-7H3,(H,80,81)(H,82,83)/t66?,67?,68-,69+,70+/m0/s1. The quantitative estimate of drug-likeness (QED) is 0.0222. The first-order valence-electron chi connectivity index (χ1n) is 38.4. The van der Waals surface area contributed by atoms with E-state index < -0.39 is 97.5 Å². The van der Waals surface area contributed by atoms with E-state index >= 15 is 0 Å². The smallest absolute Gasteiger partial charge is 0.462 e. The van der Waals surface area contributed by atoms with Gasteiger partial charge < -0.3 is 33.8 Å². The van der Waals surface area contributed by atoms with Crippen molar-refractivity contribution in [1.29, 1.82) is 0 Å². The van der Waals surface area contributed by atoms with Gasteiger partial charge in [-0.25, -0.2) is 9.13 Å². The van der Waals surface area contributed by atoms with E-state index in [1.807, 2.05) is 0 Å². The van der Waals surface area contributed by atoms with Gasteiger partial charge in [0, 0.05) is 25.7 Å².